The minimum atomic E-state index is -0.0465. The van der Waals surface area contributed by atoms with E-state index in [-0.39, 0.29) is 12.1 Å². The number of morpholine rings is 1. The van der Waals surface area contributed by atoms with Crippen LogP contribution in [0, 0.1) is 0 Å². The summed E-state index contributed by atoms with van der Waals surface area (Å²) in [6, 6.07) is 10.5. The third-order valence-electron chi connectivity index (χ3n) is 7.16. The molecule has 1 unspecified atom stereocenters. The summed E-state index contributed by atoms with van der Waals surface area (Å²) < 4.78 is 23.8. The molecule has 7 nitrogen and oxygen atoms in total. The highest BCUT2D eigenvalue weighted by molar-refractivity contribution is 7.17. The second-order valence-electron chi connectivity index (χ2n) is 9.14. The summed E-state index contributed by atoms with van der Waals surface area (Å²) in [5.74, 6) is 2.34. The van der Waals surface area contributed by atoms with Gasteiger partial charge in [-0.1, -0.05) is 0 Å². The Morgan fingerprint density at radius 3 is 2.67 bits per heavy atom. The number of hydrogen-bond donors (Lipinski definition) is 0. The predicted molar refractivity (Wildman–Crippen MR) is 142 cm³/mol. The van der Waals surface area contributed by atoms with Crippen LogP contribution in [0.1, 0.15) is 36.1 Å². The quantitative estimate of drug-likeness (QED) is 0.432. The maximum atomic E-state index is 13.7. The third kappa shape index (κ3) is 4.84. The number of aryl methyl sites for hydroxylation is 1. The lowest BCUT2D eigenvalue weighted by Gasteiger charge is -2.41. The molecule has 0 radical (unpaired) electrons. The summed E-state index contributed by atoms with van der Waals surface area (Å²) in [6.45, 7) is 5.67. The fourth-order valence-corrected chi connectivity index (χ4v) is 6.26. The molecule has 36 heavy (non-hydrogen) atoms. The van der Waals surface area contributed by atoms with Crippen LogP contribution in [0.25, 0.3) is 10.1 Å². The first-order valence-electron chi connectivity index (χ1n) is 12.6. The molecule has 2 aliphatic heterocycles. The number of ether oxygens (including phenoxy) is 4. The Morgan fingerprint density at radius 1 is 1.08 bits per heavy atom. The predicted octanol–water partition coefficient (Wildman–Crippen LogP) is 5.30. The van der Waals surface area contributed by atoms with Crippen LogP contribution in [-0.2, 0) is 17.6 Å². The summed E-state index contributed by atoms with van der Waals surface area (Å²) in [5.41, 5.74) is 3.67. The minimum Gasteiger partial charge on any atom is -0.497 e. The molecule has 2 aliphatic rings. The van der Waals surface area contributed by atoms with E-state index in [0.29, 0.717) is 39.5 Å². The van der Waals surface area contributed by atoms with Crippen LogP contribution in [-0.4, -0.2) is 69.5 Å². The molecule has 0 saturated carbocycles. The normalized spacial score (nSPS) is 17.7. The van der Waals surface area contributed by atoms with Gasteiger partial charge in [0.15, 0.2) is 11.5 Å². The Labute approximate surface area is 216 Å². The molecule has 1 fully saturated rings. The van der Waals surface area contributed by atoms with E-state index in [4.69, 9.17) is 18.9 Å². The van der Waals surface area contributed by atoms with E-state index in [1.54, 1.807) is 25.6 Å². The molecule has 8 heteroatoms. The van der Waals surface area contributed by atoms with Gasteiger partial charge in [-0.3, -0.25) is 0 Å². The number of hydrogen-bond acceptors (Lipinski definition) is 6. The molecule has 3 aromatic rings. The topological polar surface area (TPSA) is 60.5 Å². The van der Waals surface area contributed by atoms with Gasteiger partial charge in [-0.25, -0.2) is 4.79 Å². The number of rotatable bonds is 7. The zero-order chi connectivity index (χ0) is 25.1. The van der Waals surface area contributed by atoms with Crippen molar-refractivity contribution in [3.05, 3.63) is 52.4 Å². The highest BCUT2D eigenvalue weighted by atomic mass is 32.1. The van der Waals surface area contributed by atoms with Crippen LogP contribution in [0.2, 0.25) is 0 Å². The van der Waals surface area contributed by atoms with Crippen LogP contribution in [0.15, 0.2) is 35.7 Å². The molecule has 2 aromatic carbocycles. The number of amides is 2. The van der Waals surface area contributed by atoms with Gasteiger partial charge in [-0.15, -0.1) is 11.3 Å². The zero-order valence-corrected chi connectivity index (χ0v) is 22.1. The molecule has 2 amide bonds. The van der Waals surface area contributed by atoms with Crippen molar-refractivity contribution in [2.45, 2.75) is 32.2 Å². The number of carbonyl (C=O) groups excluding carboxylic acids is 1. The summed E-state index contributed by atoms with van der Waals surface area (Å²) in [7, 11) is 3.38. The van der Waals surface area contributed by atoms with Gasteiger partial charge in [0.1, 0.15) is 5.75 Å². The van der Waals surface area contributed by atoms with Gasteiger partial charge < -0.3 is 28.7 Å². The van der Waals surface area contributed by atoms with E-state index < -0.39 is 0 Å². The van der Waals surface area contributed by atoms with E-state index >= 15 is 0 Å². The summed E-state index contributed by atoms with van der Waals surface area (Å²) in [5, 5.41) is 3.47. The number of nitrogens with zero attached hydrogens (tertiary/aromatic N) is 2. The average Bonchev–Trinajstić information content (AvgIpc) is 3.33. The molecule has 1 atom stereocenters. The summed E-state index contributed by atoms with van der Waals surface area (Å²) in [4.78, 5) is 17.7. The van der Waals surface area contributed by atoms with Crippen molar-refractivity contribution >= 4 is 27.5 Å². The van der Waals surface area contributed by atoms with Crippen LogP contribution >= 0.6 is 11.3 Å². The fourth-order valence-electron chi connectivity index (χ4n) is 5.29. The Bertz CT molecular complexity index is 1220. The second kappa shape index (κ2) is 11.0. The SMILES string of the molecule is CCOc1cc2c(cc1OC)CCN(C(=O)N1CCOCC1)C2CCc1csc2ccc(OC)cc12. The lowest BCUT2D eigenvalue weighted by molar-refractivity contribution is 0.0376. The van der Waals surface area contributed by atoms with Gasteiger partial charge in [0.25, 0.3) is 0 Å². The standard InChI is InChI=1S/C28H34N2O5S/c1-4-35-26-17-22-19(15-25(26)33-3)9-10-30(28(31)29-11-13-34-14-12-29)24(22)7-5-20-18-36-27-8-6-21(32-2)16-23(20)27/h6,8,15-18,24H,4-5,7,9-14H2,1-3H3. The number of carbonyl (C=O) groups is 1. The van der Waals surface area contributed by atoms with Crippen LogP contribution in [0.5, 0.6) is 17.2 Å². The molecule has 0 N–H and O–H groups in total. The molecule has 5 rings (SSSR count). The first-order chi connectivity index (χ1) is 17.6. The van der Waals surface area contributed by atoms with E-state index in [0.717, 1.165) is 42.1 Å². The largest absolute Gasteiger partial charge is 0.497 e. The van der Waals surface area contributed by atoms with Crippen molar-refractivity contribution < 1.29 is 23.7 Å². The van der Waals surface area contributed by atoms with Crippen molar-refractivity contribution in [1.82, 2.24) is 9.80 Å². The number of thiophene rings is 1. The van der Waals surface area contributed by atoms with Crippen LogP contribution in [0.4, 0.5) is 4.79 Å². The Balaban J connectivity index is 1.48. The van der Waals surface area contributed by atoms with Gasteiger partial charge in [0.2, 0.25) is 0 Å². The van der Waals surface area contributed by atoms with Crippen molar-refractivity contribution in [3.63, 3.8) is 0 Å². The van der Waals surface area contributed by atoms with Gasteiger partial charge in [-0.05, 0) is 84.0 Å². The van der Waals surface area contributed by atoms with E-state index in [1.807, 2.05) is 17.9 Å². The monoisotopic (exact) mass is 510 g/mol. The molecule has 192 valence electrons. The van der Waals surface area contributed by atoms with Crippen molar-refractivity contribution in [2.24, 2.45) is 0 Å². The van der Waals surface area contributed by atoms with Gasteiger partial charge >= 0.3 is 6.03 Å². The molecule has 0 bridgehead atoms. The number of benzene rings is 2. The van der Waals surface area contributed by atoms with Gasteiger partial charge in [0, 0.05) is 24.3 Å². The maximum Gasteiger partial charge on any atom is 0.320 e. The van der Waals surface area contributed by atoms with Gasteiger partial charge in [-0.2, -0.15) is 0 Å². The fraction of sp³-hybridized carbons (Fsp3) is 0.464. The van der Waals surface area contributed by atoms with Crippen molar-refractivity contribution in [1.29, 1.82) is 0 Å². The minimum absolute atomic E-state index is 0.0465. The summed E-state index contributed by atoms with van der Waals surface area (Å²) in [6.07, 6.45) is 2.48. The highest BCUT2D eigenvalue weighted by Gasteiger charge is 2.35. The van der Waals surface area contributed by atoms with Crippen LogP contribution in [0.3, 0.4) is 0 Å². The lowest BCUT2D eigenvalue weighted by Crippen LogP contribution is -2.51. The first kappa shape index (κ1) is 24.7. The molecule has 1 aromatic heterocycles. The Kier molecular flexibility index (Phi) is 7.53. The van der Waals surface area contributed by atoms with E-state index in [1.165, 1.54) is 21.2 Å². The molecular formula is C28H34N2O5S. The molecule has 1 saturated heterocycles. The van der Waals surface area contributed by atoms with Gasteiger partial charge in [0.05, 0.1) is 40.1 Å². The molecular weight excluding hydrogens is 476 g/mol. The number of fused-ring (bicyclic) bond motifs is 2. The first-order valence-corrected chi connectivity index (χ1v) is 13.5. The average molecular weight is 511 g/mol. The maximum absolute atomic E-state index is 13.7. The van der Waals surface area contributed by atoms with Crippen molar-refractivity contribution in [3.8, 4) is 17.2 Å². The van der Waals surface area contributed by atoms with E-state index in [9.17, 15) is 4.79 Å². The summed E-state index contributed by atoms with van der Waals surface area (Å²) >= 11 is 1.75. The lowest BCUT2D eigenvalue weighted by atomic mass is 9.88. The zero-order valence-electron chi connectivity index (χ0n) is 21.2. The molecule has 0 aliphatic carbocycles. The van der Waals surface area contributed by atoms with Crippen LogP contribution < -0.4 is 14.2 Å². The molecule has 3 heterocycles. The smallest absolute Gasteiger partial charge is 0.320 e. The highest BCUT2D eigenvalue weighted by Crippen LogP contribution is 2.41. The Morgan fingerprint density at radius 2 is 1.92 bits per heavy atom. The molecule has 0 spiro atoms. The number of urea groups is 1. The Hall–Kier alpha value is -2.97. The van der Waals surface area contributed by atoms with E-state index in [2.05, 4.69) is 34.5 Å². The number of methoxy groups -OCH3 is 2. The third-order valence-corrected chi connectivity index (χ3v) is 8.17. The second-order valence-corrected chi connectivity index (χ2v) is 10.0. The van der Waals surface area contributed by atoms with Crippen molar-refractivity contribution in [2.75, 3.05) is 53.7 Å².